The maximum Gasteiger partial charge on any atom is 0.303 e. The Morgan fingerprint density at radius 3 is 1.88 bits per heavy atom. The van der Waals surface area contributed by atoms with Crippen LogP contribution in [-0.2, 0) is 23.7 Å². The SMILES string of the molecule is CCC1OC(OC2C(OC(C)CCCCCCC=CCCCCCCCC(=O)O)OC(CC)C(O)C2O)C(O)C(C)C1O. The van der Waals surface area contributed by atoms with Gasteiger partial charge in [0.2, 0.25) is 0 Å². The minimum Gasteiger partial charge on any atom is -0.481 e. The molecule has 2 heterocycles. The number of carboxylic acids is 1. The second-order valence-corrected chi connectivity index (χ2v) is 12.4. The monoisotopic (exact) mass is 616 g/mol. The van der Waals surface area contributed by atoms with E-state index in [-0.39, 0.29) is 12.5 Å². The Balaban J connectivity index is 1.71. The molecule has 11 atom stereocenters. The third-order valence-electron chi connectivity index (χ3n) is 8.81. The van der Waals surface area contributed by atoms with E-state index in [1.807, 2.05) is 20.8 Å². The summed E-state index contributed by atoms with van der Waals surface area (Å²) in [5, 5.41) is 51.4. The summed E-state index contributed by atoms with van der Waals surface area (Å²) < 4.78 is 24.1. The molecule has 2 rings (SSSR count). The first-order valence-electron chi connectivity index (χ1n) is 16.8. The number of hydrogen-bond donors (Lipinski definition) is 5. The molecular formula is C33H60O10. The summed E-state index contributed by atoms with van der Waals surface area (Å²) in [5.41, 5.74) is 0. The normalized spacial score (nSPS) is 34.0. The summed E-state index contributed by atoms with van der Waals surface area (Å²) in [6, 6.07) is 0. The van der Waals surface area contributed by atoms with Gasteiger partial charge >= 0.3 is 5.97 Å². The van der Waals surface area contributed by atoms with Crippen LogP contribution in [0.25, 0.3) is 0 Å². The maximum absolute atomic E-state index is 11.0. The highest BCUT2D eigenvalue weighted by molar-refractivity contribution is 5.66. The average Bonchev–Trinajstić information content (AvgIpc) is 2.98. The third-order valence-corrected chi connectivity index (χ3v) is 8.81. The van der Waals surface area contributed by atoms with Crippen LogP contribution in [-0.4, -0.2) is 92.9 Å². The van der Waals surface area contributed by atoms with Crippen LogP contribution in [0.1, 0.15) is 124 Å². The molecule has 0 radical (unpaired) electrons. The summed E-state index contributed by atoms with van der Waals surface area (Å²) in [6.45, 7) is 7.45. The summed E-state index contributed by atoms with van der Waals surface area (Å²) in [4.78, 5) is 10.5. The van der Waals surface area contributed by atoms with Crippen molar-refractivity contribution in [3.05, 3.63) is 12.2 Å². The standard InChI is InChI=1S/C33H60O10/c1-5-24-27(36)23(4)28(37)32(41-24)43-31-30(39)29(38)25(6-2)42-33(31)40-22(3)20-18-16-14-12-10-8-7-9-11-13-15-17-19-21-26(34)35/h7-8,22-25,27-33,36-39H,5-6,9-21H2,1-4H3,(H,34,35). The number of rotatable bonds is 21. The van der Waals surface area contributed by atoms with Crippen molar-refractivity contribution in [3.8, 4) is 0 Å². The lowest BCUT2D eigenvalue weighted by atomic mass is 9.89. The average molecular weight is 617 g/mol. The van der Waals surface area contributed by atoms with E-state index in [1.54, 1.807) is 6.92 Å². The summed E-state index contributed by atoms with van der Waals surface area (Å²) >= 11 is 0. The Hall–Kier alpha value is -1.11. The van der Waals surface area contributed by atoms with Crippen molar-refractivity contribution >= 4 is 5.97 Å². The molecule has 0 aromatic carbocycles. The van der Waals surface area contributed by atoms with Gasteiger partial charge in [-0.25, -0.2) is 0 Å². The molecule has 0 aromatic heterocycles. The number of aliphatic hydroxyl groups is 4. The van der Waals surface area contributed by atoms with Crippen LogP contribution >= 0.6 is 0 Å². The number of carboxylic acid groups (broad SMARTS) is 1. The van der Waals surface area contributed by atoms with Crippen molar-refractivity contribution in [1.82, 2.24) is 0 Å². The smallest absolute Gasteiger partial charge is 0.303 e. The number of unbranched alkanes of at least 4 members (excludes halogenated alkanes) is 9. The van der Waals surface area contributed by atoms with Gasteiger partial charge in [-0.3, -0.25) is 4.79 Å². The van der Waals surface area contributed by atoms with E-state index >= 15 is 0 Å². The fourth-order valence-corrected chi connectivity index (χ4v) is 5.87. The number of aliphatic hydroxyl groups excluding tert-OH is 4. The van der Waals surface area contributed by atoms with Gasteiger partial charge in [-0.2, -0.15) is 0 Å². The van der Waals surface area contributed by atoms with Crippen LogP contribution in [0.2, 0.25) is 0 Å². The molecule has 5 N–H and O–H groups in total. The molecule has 0 aromatic rings. The highest BCUT2D eigenvalue weighted by atomic mass is 16.8. The highest BCUT2D eigenvalue weighted by Gasteiger charge is 2.50. The van der Waals surface area contributed by atoms with E-state index < -0.39 is 67.2 Å². The first-order chi connectivity index (χ1) is 20.6. The van der Waals surface area contributed by atoms with Gasteiger partial charge < -0.3 is 44.5 Å². The fraction of sp³-hybridized carbons (Fsp3) is 0.909. The van der Waals surface area contributed by atoms with Crippen molar-refractivity contribution in [3.63, 3.8) is 0 Å². The zero-order chi connectivity index (χ0) is 31.8. The molecule has 2 saturated heterocycles. The van der Waals surface area contributed by atoms with Crippen molar-refractivity contribution in [2.45, 2.75) is 185 Å². The quantitative estimate of drug-likeness (QED) is 0.0894. The molecular weight excluding hydrogens is 556 g/mol. The molecule has 2 aliphatic rings. The lowest BCUT2D eigenvalue weighted by Gasteiger charge is -2.47. The molecule has 10 heteroatoms. The third kappa shape index (κ3) is 13.0. The lowest BCUT2D eigenvalue weighted by molar-refractivity contribution is -0.365. The van der Waals surface area contributed by atoms with Gasteiger partial charge in [-0.05, 0) is 58.3 Å². The minimum absolute atomic E-state index is 0.165. The first kappa shape index (κ1) is 38.1. The zero-order valence-corrected chi connectivity index (χ0v) is 26.9. The summed E-state index contributed by atoms with van der Waals surface area (Å²) in [5.74, 6) is -1.19. The molecule has 0 saturated carbocycles. The van der Waals surface area contributed by atoms with E-state index in [9.17, 15) is 25.2 Å². The van der Waals surface area contributed by atoms with Gasteiger partial charge in [0.25, 0.3) is 0 Å². The minimum atomic E-state index is -1.29. The van der Waals surface area contributed by atoms with Crippen molar-refractivity contribution in [1.29, 1.82) is 0 Å². The number of ether oxygens (including phenoxy) is 4. The number of aliphatic carboxylic acids is 1. The maximum atomic E-state index is 11.0. The van der Waals surface area contributed by atoms with E-state index in [4.69, 9.17) is 24.1 Å². The van der Waals surface area contributed by atoms with E-state index in [0.29, 0.717) is 12.8 Å². The molecule has 2 fully saturated rings. The predicted octanol–water partition coefficient (Wildman–Crippen LogP) is 4.84. The molecule has 2 aliphatic heterocycles. The van der Waals surface area contributed by atoms with E-state index in [2.05, 4.69) is 12.2 Å². The number of hydrogen-bond acceptors (Lipinski definition) is 9. The topological polar surface area (TPSA) is 155 Å². The molecule has 43 heavy (non-hydrogen) atoms. The second-order valence-electron chi connectivity index (χ2n) is 12.4. The van der Waals surface area contributed by atoms with Gasteiger partial charge in [0.05, 0.1) is 24.4 Å². The van der Waals surface area contributed by atoms with Crippen molar-refractivity contribution in [2.75, 3.05) is 0 Å². The first-order valence-corrected chi connectivity index (χ1v) is 16.8. The summed E-state index contributed by atoms with van der Waals surface area (Å²) in [7, 11) is 0. The van der Waals surface area contributed by atoms with Crippen LogP contribution in [0.3, 0.4) is 0 Å². The van der Waals surface area contributed by atoms with Gasteiger partial charge in [0, 0.05) is 12.3 Å². The Labute approximate surface area is 258 Å². The summed E-state index contributed by atoms with van der Waals surface area (Å²) in [6.07, 6.45) is 9.55. The molecule has 252 valence electrons. The van der Waals surface area contributed by atoms with Gasteiger partial charge in [0.1, 0.15) is 24.4 Å². The van der Waals surface area contributed by atoms with Crippen LogP contribution in [0.5, 0.6) is 0 Å². The van der Waals surface area contributed by atoms with Crippen LogP contribution in [0.4, 0.5) is 0 Å². The second kappa shape index (κ2) is 20.8. The zero-order valence-electron chi connectivity index (χ0n) is 26.9. The van der Waals surface area contributed by atoms with Crippen LogP contribution in [0, 0.1) is 5.92 Å². The highest BCUT2D eigenvalue weighted by Crippen LogP contribution is 2.33. The Kier molecular flexibility index (Phi) is 18.4. The van der Waals surface area contributed by atoms with Gasteiger partial charge in [-0.15, -0.1) is 0 Å². The van der Waals surface area contributed by atoms with Crippen molar-refractivity contribution in [2.24, 2.45) is 5.92 Å². The molecule has 0 bridgehead atoms. The lowest BCUT2D eigenvalue weighted by Crippen LogP contribution is -2.62. The number of carbonyl (C=O) groups is 1. The largest absolute Gasteiger partial charge is 0.481 e. The molecule has 0 amide bonds. The molecule has 10 nitrogen and oxygen atoms in total. The predicted molar refractivity (Wildman–Crippen MR) is 163 cm³/mol. The van der Waals surface area contributed by atoms with Gasteiger partial charge in [-0.1, -0.05) is 71.4 Å². The van der Waals surface area contributed by atoms with Crippen molar-refractivity contribution < 1.29 is 49.3 Å². The molecule has 0 spiro atoms. The van der Waals surface area contributed by atoms with Crippen LogP contribution < -0.4 is 0 Å². The van der Waals surface area contributed by atoms with Crippen LogP contribution in [0.15, 0.2) is 12.2 Å². The van der Waals surface area contributed by atoms with Gasteiger partial charge in [0.15, 0.2) is 12.6 Å². The van der Waals surface area contributed by atoms with E-state index in [1.165, 1.54) is 0 Å². The Morgan fingerprint density at radius 2 is 1.28 bits per heavy atom. The number of allylic oxidation sites excluding steroid dienone is 2. The Morgan fingerprint density at radius 1 is 0.744 bits per heavy atom. The fourth-order valence-electron chi connectivity index (χ4n) is 5.87. The van der Waals surface area contributed by atoms with E-state index in [0.717, 1.165) is 77.0 Å². The Bertz CT molecular complexity index is 777. The molecule has 11 unspecified atom stereocenters. The molecule has 0 aliphatic carbocycles.